The topological polar surface area (TPSA) is 32.3 Å². The molecule has 2 aliphatic rings. The fourth-order valence-corrected chi connectivity index (χ4v) is 3.30. The normalized spacial score (nSPS) is 40.4. The van der Waals surface area contributed by atoms with Crippen LogP contribution in [-0.4, -0.2) is 23.3 Å². The van der Waals surface area contributed by atoms with Crippen LogP contribution >= 0.6 is 0 Å². The minimum absolute atomic E-state index is 0.0713. The van der Waals surface area contributed by atoms with Crippen molar-refractivity contribution in [3.8, 4) is 0 Å². The van der Waals surface area contributed by atoms with E-state index in [1.165, 1.54) is 32.1 Å². The van der Waals surface area contributed by atoms with Crippen molar-refractivity contribution in [2.24, 2.45) is 10.8 Å². The molecule has 0 aromatic heterocycles. The van der Waals surface area contributed by atoms with Crippen LogP contribution in [0.15, 0.2) is 0 Å². The van der Waals surface area contributed by atoms with Gasteiger partial charge in [0.25, 0.3) is 0 Å². The highest BCUT2D eigenvalue weighted by Crippen LogP contribution is 2.42. The lowest BCUT2D eigenvalue weighted by Crippen LogP contribution is -2.61. The average Bonchev–Trinajstić information content (AvgIpc) is 2.40. The highest BCUT2D eigenvalue weighted by atomic mass is 16.3. The lowest BCUT2D eigenvalue weighted by molar-refractivity contribution is -0.0764. The van der Waals surface area contributed by atoms with Crippen molar-refractivity contribution in [3.05, 3.63) is 0 Å². The smallest absolute Gasteiger partial charge is 0.0621 e. The summed E-state index contributed by atoms with van der Waals surface area (Å²) in [6.07, 6.45) is 7.49. The van der Waals surface area contributed by atoms with Crippen molar-refractivity contribution >= 4 is 0 Å². The first-order valence-corrected chi connectivity index (χ1v) is 7.25. The summed E-state index contributed by atoms with van der Waals surface area (Å²) >= 11 is 0. The van der Waals surface area contributed by atoms with Crippen molar-refractivity contribution < 1.29 is 5.11 Å². The second-order valence-electron chi connectivity index (χ2n) is 7.58. The number of rotatable bonds is 2. The standard InChI is InChI=1S/C15H29NO/c1-14(2)8-5-6-11(7-9-14)16-12-10-13(17)15(12,3)4/h11-13,16-17H,5-10H2,1-4H3. The number of aliphatic hydroxyl groups is 1. The summed E-state index contributed by atoms with van der Waals surface area (Å²) in [6.45, 7) is 9.15. The van der Waals surface area contributed by atoms with Gasteiger partial charge in [0.15, 0.2) is 0 Å². The van der Waals surface area contributed by atoms with Crippen molar-refractivity contribution in [1.82, 2.24) is 5.32 Å². The molecule has 3 unspecified atom stereocenters. The highest BCUT2D eigenvalue weighted by Gasteiger charge is 2.47. The summed E-state index contributed by atoms with van der Waals surface area (Å²) < 4.78 is 0. The lowest BCUT2D eigenvalue weighted by atomic mass is 9.64. The van der Waals surface area contributed by atoms with E-state index in [-0.39, 0.29) is 11.5 Å². The van der Waals surface area contributed by atoms with Crippen LogP contribution in [0.1, 0.15) is 66.2 Å². The summed E-state index contributed by atoms with van der Waals surface area (Å²) in [5.41, 5.74) is 0.604. The number of aliphatic hydroxyl groups excluding tert-OH is 1. The summed E-state index contributed by atoms with van der Waals surface area (Å²) in [5, 5.41) is 13.6. The molecule has 2 N–H and O–H groups in total. The van der Waals surface area contributed by atoms with Crippen LogP contribution in [0.4, 0.5) is 0 Å². The zero-order valence-corrected chi connectivity index (χ0v) is 11.9. The SMILES string of the molecule is CC1(C)CCCC(NC2CC(O)C2(C)C)CC1. The minimum Gasteiger partial charge on any atom is -0.392 e. The molecule has 17 heavy (non-hydrogen) atoms. The maximum Gasteiger partial charge on any atom is 0.0621 e. The summed E-state index contributed by atoms with van der Waals surface area (Å²) in [6, 6.07) is 1.19. The zero-order valence-electron chi connectivity index (χ0n) is 11.9. The Morgan fingerprint density at radius 1 is 1.06 bits per heavy atom. The first-order chi connectivity index (χ1) is 7.81. The van der Waals surface area contributed by atoms with E-state index >= 15 is 0 Å². The second kappa shape index (κ2) is 4.55. The van der Waals surface area contributed by atoms with E-state index in [9.17, 15) is 5.11 Å². The Kier molecular flexibility index (Phi) is 3.57. The summed E-state index contributed by atoms with van der Waals surface area (Å²) in [4.78, 5) is 0. The van der Waals surface area contributed by atoms with Gasteiger partial charge in [0, 0.05) is 17.5 Å². The molecule has 0 amide bonds. The van der Waals surface area contributed by atoms with Crippen LogP contribution in [0.3, 0.4) is 0 Å². The minimum atomic E-state index is -0.109. The first-order valence-electron chi connectivity index (χ1n) is 7.25. The molecule has 0 spiro atoms. The maximum atomic E-state index is 9.77. The van der Waals surface area contributed by atoms with Gasteiger partial charge in [-0.1, -0.05) is 34.1 Å². The van der Waals surface area contributed by atoms with Gasteiger partial charge in [0.2, 0.25) is 0 Å². The number of hydrogen-bond donors (Lipinski definition) is 2. The average molecular weight is 239 g/mol. The van der Waals surface area contributed by atoms with Crippen molar-refractivity contribution in [3.63, 3.8) is 0 Å². The molecule has 0 saturated heterocycles. The Balaban J connectivity index is 1.84. The van der Waals surface area contributed by atoms with E-state index in [2.05, 4.69) is 33.0 Å². The maximum absolute atomic E-state index is 9.77. The van der Waals surface area contributed by atoms with Crippen LogP contribution in [-0.2, 0) is 0 Å². The third-order valence-corrected chi connectivity index (χ3v) is 5.23. The van der Waals surface area contributed by atoms with Gasteiger partial charge in [-0.25, -0.2) is 0 Å². The van der Waals surface area contributed by atoms with Gasteiger partial charge in [0.1, 0.15) is 0 Å². The van der Waals surface area contributed by atoms with Crippen molar-refractivity contribution in [2.45, 2.75) is 84.4 Å². The fraction of sp³-hybridized carbons (Fsp3) is 1.00. The molecular weight excluding hydrogens is 210 g/mol. The molecule has 0 radical (unpaired) electrons. The van der Waals surface area contributed by atoms with Crippen LogP contribution in [0.2, 0.25) is 0 Å². The Hall–Kier alpha value is -0.0800. The van der Waals surface area contributed by atoms with Gasteiger partial charge in [-0.05, 0) is 37.5 Å². The Morgan fingerprint density at radius 2 is 1.76 bits per heavy atom. The summed E-state index contributed by atoms with van der Waals surface area (Å²) in [7, 11) is 0. The molecule has 3 atom stereocenters. The van der Waals surface area contributed by atoms with Crippen LogP contribution < -0.4 is 5.32 Å². The number of hydrogen-bond acceptors (Lipinski definition) is 2. The van der Waals surface area contributed by atoms with Gasteiger partial charge < -0.3 is 10.4 Å². The molecule has 2 heteroatoms. The second-order valence-corrected chi connectivity index (χ2v) is 7.58. The molecule has 2 nitrogen and oxygen atoms in total. The van der Waals surface area contributed by atoms with Gasteiger partial charge in [-0.15, -0.1) is 0 Å². The lowest BCUT2D eigenvalue weighted by Gasteiger charge is -2.51. The summed E-state index contributed by atoms with van der Waals surface area (Å²) in [5.74, 6) is 0. The van der Waals surface area contributed by atoms with E-state index in [4.69, 9.17) is 0 Å². The predicted molar refractivity (Wildman–Crippen MR) is 72.0 cm³/mol. The van der Waals surface area contributed by atoms with E-state index in [1.54, 1.807) is 0 Å². The molecule has 0 heterocycles. The Labute approximate surface area is 106 Å². The fourth-order valence-electron chi connectivity index (χ4n) is 3.30. The van der Waals surface area contributed by atoms with E-state index in [1.807, 2.05) is 0 Å². The molecule has 0 aromatic carbocycles. The molecule has 2 saturated carbocycles. The van der Waals surface area contributed by atoms with Gasteiger partial charge >= 0.3 is 0 Å². The van der Waals surface area contributed by atoms with Crippen LogP contribution in [0.5, 0.6) is 0 Å². The molecule has 0 bridgehead atoms. The number of nitrogens with one attached hydrogen (secondary N) is 1. The third-order valence-electron chi connectivity index (χ3n) is 5.23. The highest BCUT2D eigenvalue weighted by molar-refractivity contribution is 5.02. The largest absolute Gasteiger partial charge is 0.392 e. The first kappa shape index (κ1) is 13.4. The zero-order chi connectivity index (χ0) is 12.7. The molecule has 2 rings (SSSR count). The van der Waals surface area contributed by atoms with Crippen molar-refractivity contribution in [2.75, 3.05) is 0 Å². The molecule has 2 fully saturated rings. The van der Waals surface area contributed by atoms with Crippen LogP contribution in [0, 0.1) is 10.8 Å². The Morgan fingerprint density at radius 3 is 2.35 bits per heavy atom. The molecule has 100 valence electrons. The van der Waals surface area contributed by atoms with Crippen molar-refractivity contribution in [1.29, 1.82) is 0 Å². The molecule has 0 aliphatic heterocycles. The van der Waals surface area contributed by atoms with Crippen LogP contribution in [0.25, 0.3) is 0 Å². The monoisotopic (exact) mass is 239 g/mol. The third kappa shape index (κ3) is 2.85. The van der Waals surface area contributed by atoms with E-state index in [0.29, 0.717) is 17.5 Å². The van der Waals surface area contributed by atoms with Gasteiger partial charge in [-0.3, -0.25) is 0 Å². The van der Waals surface area contributed by atoms with Gasteiger partial charge in [0.05, 0.1) is 6.10 Å². The molecule has 2 aliphatic carbocycles. The van der Waals surface area contributed by atoms with E-state index < -0.39 is 0 Å². The molecular formula is C15H29NO. The van der Waals surface area contributed by atoms with E-state index in [0.717, 1.165) is 6.42 Å². The van der Waals surface area contributed by atoms with Gasteiger partial charge in [-0.2, -0.15) is 0 Å². The molecule has 0 aromatic rings. The predicted octanol–water partition coefficient (Wildman–Crippen LogP) is 3.09. The quantitative estimate of drug-likeness (QED) is 0.726. The Bertz CT molecular complexity index is 272.